The molecule has 0 aliphatic rings. The number of hydrogen-bond donors (Lipinski definition) is 0. The van der Waals surface area contributed by atoms with Crippen LogP contribution in [-0.2, 0) is 20.0 Å². The van der Waals surface area contributed by atoms with Crippen LogP contribution in [0.3, 0.4) is 0 Å². The van der Waals surface area contributed by atoms with Gasteiger partial charge in [0.25, 0.3) is 0 Å². The lowest BCUT2D eigenvalue weighted by Gasteiger charge is -2.25. The summed E-state index contributed by atoms with van der Waals surface area (Å²) in [7, 11) is -7.48. The maximum Gasteiger partial charge on any atom is 0.394 e. The second kappa shape index (κ2) is 16.8. The number of anilines is 1. The van der Waals surface area contributed by atoms with Crippen LogP contribution in [0.25, 0.3) is 0 Å². The number of halogens is 2. The molecule has 40 heavy (non-hydrogen) atoms. The first-order chi connectivity index (χ1) is 18.8. The molecule has 0 aromatic carbocycles. The first-order valence-electron chi connectivity index (χ1n) is 14.7. The summed E-state index contributed by atoms with van der Waals surface area (Å²) < 4.78 is 81.5. The summed E-state index contributed by atoms with van der Waals surface area (Å²) >= 11 is 0. The standard InChI is InChI=1S/C26H51F2N6O4S2/c1-7-12-14-16-18-20-22-39(35,36)33(27,10-4)25-29-24(32(6)9-3)30-26(31-25)34(28,11-5)40(37,38)23-21-19-17-15-13-8-2/h3,7-23H2,1-2,4-6H3/q+2. The highest BCUT2D eigenvalue weighted by Crippen LogP contribution is 2.33. The molecule has 0 saturated heterocycles. The van der Waals surface area contributed by atoms with Crippen molar-refractivity contribution >= 4 is 37.9 Å². The normalized spacial score (nSPS) is 15.5. The van der Waals surface area contributed by atoms with Crippen LogP contribution >= 0.6 is 0 Å². The summed E-state index contributed by atoms with van der Waals surface area (Å²) in [5, 5.41) is 0. The number of rotatable bonds is 22. The number of sulfonamides is 2. The molecule has 0 aliphatic carbocycles. The van der Waals surface area contributed by atoms with Crippen molar-refractivity contribution in [3.8, 4) is 0 Å². The lowest BCUT2D eigenvalue weighted by molar-refractivity contribution is 0.127. The molecule has 0 N–H and O–H groups in total. The summed E-state index contributed by atoms with van der Waals surface area (Å²) in [6, 6.07) is 0. The van der Waals surface area contributed by atoms with Crippen LogP contribution in [-0.4, -0.2) is 70.0 Å². The van der Waals surface area contributed by atoms with Gasteiger partial charge in [-0.05, 0) is 33.6 Å². The molecule has 14 heteroatoms. The van der Waals surface area contributed by atoms with Crippen LogP contribution in [0.4, 0.5) is 26.8 Å². The molecule has 2 atom stereocenters. The first-order valence-corrected chi connectivity index (χ1v) is 17.9. The van der Waals surface area contributed by atoms with Crippen LogP contribution in [0, 0.1) is 6.92 Å². The Morgan fingerprint density at radius 2 is 1.00 bits per heavy atom. The maximum atomic E-state index is 16.4. The SMILES string of the molecule is [CH2]CN(C)c1nc([N+](F)(CC)S(=O)(=O)CCCCCCCC)nc([N+](F)(CC)S(=O)(=O)CCCCCCCC)n1. The molecule has 1 aromatic heterocycles. The molecule has 0 aliphatic heterocycles. The third-order valence-corrected chi connectivity index (χ3v) is 11.3. The van der Waals surface area contributed by atoms with Gasteiger partial charge in [-0.1, -0.05) is 83.0 Å². The predicted octanol–water partition coefficient (Wildman–Crippen LogP) is 5.95. The minimum Gasteiger partial charge on any atom is -0.343 e. The smallest absolute Gasteiger partial charge is 0.343 e. The average Bonchev–Trinajstić information content (AvgIpc) is 2.94. The topological polar surface area (TPSA) is 110 Å². The Kier molecular flexibility index (Phi) is 15.3. The third-order valence-electron chi connectivity index (χ3n) is 7.08. The monoisotopic (exact) mass is 613 g/mol. The highest BCUT2D eigenvalue weighted by Gasteiger charge is 2.53. The summed E-state index contributed by atoms with van der Waals surface area (Å²) in [4.78, 5) is 13.3. The van der Waals surface area contributed by atoms with E-state index in [9.17, 15) is 16.8 Å². The van der Waals surface area contributed by atoms with Crippen molar-refractivity contribution in [2.75, 3.05) is 43.1 Å². The molecule has 1 heterocycles. The summed E-state index contributed by atoms with van der Waals surface area (Å²) in [5.41, 5.74) is 0. The fourth-order valence-electron chi connectivity index (χ4n) is 4.26. The zero-order valence-corrected chi connectivity index (χ0v) is 26.7. The molecule has 0 fully saturated rings. The van der Waals surface area contributed by atoms with Gasteiger partial charge in [0, 0.05) is 30.8 Å². The number of unbranched alkanes of at least 4 members (excludes halogenated alkanes) is 10. The Labute approximate surface area is 241 Å². The number of nitrogens with zero attached hydrogens (tertiary/aromatic N) is 6. The lowest BCUT2D eigenvalue weighted by Crippen LogP contribution is -2.51. The fourth-order valence-corrected chi connectivity index (χ4v) is 7.42. The zero-order valence-electron chi connectivity index (χ0n) is 25.1. The Morgan fingerprint density at radius 3 is 1.32 bits per heavy atom. The summed E-state index contributed by atoms with van der Waals surface area (Å²) in [5.74, 6) is -2.90. The van der Waals surface area contributed by atoms with E-state index in [2.05, 4.69) is 35.7 Å². The number of aromatic nitrogens is 3. The van der Waals surface area contributed by atoms with E-state index in [0.29, 0.717) is 12.8 Å². The van der Waals surface area contributed by atoms with Gasteiger partial charge >= 0.3 is 31.9 Å². The zero-order chi connectivity index (χ0) is 30.5. The fraction of sp³-hybridized carbons (Fsp3) is 0.846. The molecule has 0 amide bonds. The van der Waals surface area contributed by atoms with Gasteiger partial charge in [0.1, 0.15) is 24.6 Å². The van der Waals surface area contributed by atoms with Crippen LogP contribution < -0.4 is 13.1 Å². The van der Waals surface area contributed by atoms with Gasteiger partial charge in [0.15, 0.2) is 0 Å². The van der Waals surface area contributed by atoms with Gasteiger partial charge in [-0.15, -0.1) is 9.97 Å². The van der Waals surface area contributed by atoms with Crippen molar-refractivity contribution in [2.45, 2.75) is 105 Å². The Bertz CT molecular complexity index is 1030. The molecule has 0 saturated carbocycles. The minimum absolute atomic E-state index is 0.0781. The van der Waals surface area contributed by atoms with Crippen molar-refractivity contribution in [1.29, 1.82) is 0 Å². The first kappa shape index (κ1) is 36.5. The molecule has 1 radical (unpaired) electrons. The van der Waals surface area contributed by atoms with Gasteiger partial charge in [-0.25, -0.2) is 0 Å². The molecule has 233 valence electrons. The van der Waals surface area contributed by atoms with Crippen LogP contribution in [0.15, 0.2) is 0 Å². The van der Waals surface area contributed by atoms with Gasteiger partial charge in [-0.2, -0.15) is 16.8 Å². The quantitative estimate of drug-likeness (QED) is 0.117. The largest absolute Gasteiger partial charge is 0.394 e. The molecule has 2 unspecified atom stereocenters. The molecular formula is C26H51F2N6O4S2+2. The van der Waals surface area contributed by atoms with Crippen molar-refractivity contribution in [3.05, 3.63) is 6.92 Å². The Balaban J connectivity index is 3.45. The molecule has 0 bridgehead atoms. The van der Waals surface area contributed by atoms with Crippen molar-refractivity contribution in [1.82, 2.24) is 23.2 Å². The van der Waals surface area contributed by atoms with Crippen molar-refractivity contribution < 1.29 is 25.8 Å². The Hall–Kier alpha value is -1.51. The molecule has 0 spiro atoms. The van der Waals surface area contributed by atoms with Gasteiger partial charge < -0.3 is 4.90 Å². The molecular weight excluding hydrogens is 562 g/mol. The highest BCUT2D eigenvalue weighted by atomic mass is 32.2. The third kappa shape index (κ3) is 9.25. The van der Waals surface area contributed by atoms with E-state index in [1.165, 1.54) is 25.8 Å². The van der Waals surface area contributed by atoms with Crippen LogP contribution in [0.2, 0.25) is 0 Å². The molecule has 10 nitrogen and oxygen atoms in total. The van der Waals surface area contributed by atoms with E-state index in [1.54, 1.807) is 0 Å². The molecule has 1 rings (SSSR count). The van der Waals surface area contributed by atoms with E-state index >= 15 is 8.96 Å². The summed E-state index contributed by atoms with van der Waals surface area (Å²) in [6.07, 6.45) is 9.56. The highest BCUT2D eigenvalue weighted by molar-refractivity contribution is 7.91. The minimum atomic E-state index is -4.49. The second-order valence-corrected chi connectivity index (χ2v) is 14.5. The Morgan fingerprint density at radius 1 is 0.650 bits per heavy atom. The average molecular weight is 614 g/mol. The van der Waals surface area contributed by atoms with Crippen molar-refractivity contribution in [3.63, 3.8) is 0 Å². The maximum absolute atomic E-state index is 16.4. The van der Waals surface area contributed by atoms with E-state index < -0.39 is 64.8 Å². The van der Waals surface area contributed by atoms with E-state index in [-0.39, 0.29) is 25.3 Å². The molecule has 1 aromatic rings. The summed E-state index contributed by atoms with van der Waals surface area (Å²) in [6.45, 7) is 9.42. The van der Waals surface area contributed by atoms with Crippen molar-refractivity contribution in [2.24, 2.45) is 0 Å². The predicted molar refractivity (Wildman–Crippen MR) is 160 cm³/mol. The van der Waals surface area contributed by atoms with Gasteiger partial charge in [0.2, 0.25) is 5.95 Å². The number of hydrogen-bond acceptors (Lipinski definition) is 8. The van der Waals surface area contributed by atoms with Gasteiger partial charge in [0.05, 0.1) is 0 Å². The van der Waals surface area contributed by atoms with Crippen LogP contribution in [0.5, 0.6) is 0 Å². The second-order valence-electron chi connectivity index (χ2n) is 10.2. The van der Waals surface area contributed by atoms with E-state index in [0.717, 1.165) is 51.4 Å². The van der Waals surface area contributed by atoms with E-state index in [1.807, 2.05) is 0 Å². The van der Waals surface area contributed by atoms with Gasteiger partial charge in [-0.3, -0.25) is 0 Å². The lowest BCUT2D eigenvalue weighted by atomic mass is 10.1. The van der Waals surface area contributed by atoms with Crippen LogP contribution in [0.1, 0.15) is 105 Å². The van der Waals surface area contributed by atoms with E-state index in [4.69, 9.17) is 0 Å². The number of quaternary nitrogens is 2.